The van der Waals surface area contributed by atoms with Gasteiger partial charge in [-0.1, -0.05) is 383 Å². The van der Waals surface area contributed by atoms with Gasteiger partial charge >= 0.3 is 0 Å². The van der Waals surface area contributed by atoms with Gasteiger partial charge in [0.15, 0.2) is 0 Å². The normalized spacial score (nSPS) is 12.1. The van der Waals surface area contributed by atoms with Crippen molar-refractivity contribution in [1.29, 1.82) is 0 Å². The molecule has 776 valence electrons. The van der Waals surface area contributed by atoms with Gasteiger partial charge in [-0.2, -0.15) is 15.3 Å². The predicted molar refractivity (Wildman–Crippen MR) is 615 cm³/mol. The van der Waals surface area contributed by atoms with Gasteiger partial charge in [0, 0.05) is 121 Å². The van der Waals surface area contributed by atoms with Crippen LogP contribution in [0, 0.1) is 35.2 Å². The molecule has 17 heteroatoms. The third kappa shape index (κ3) is 66.8. The summed E-state index contributed by atoms with van der Waals surface area (Å²) in [7, 11) is 1.68. The van der Waals surface area contributed by atoms with E-state index in [0.717, 1.165) is 91.5 Å². The Balaban J connectivity index is -0.000000269. The zero-order valence-electron chi connectivity index (χ0n) is 90.3. The Morgan fingerprint density at radius 1 is 0.397 bits per heavy atom. The van der Waals surface area contributed by atoms with Gasteiger partial charge in [-0.05, 0) is 233 Å². The zero-order valence-corrected chi connectivity index (χ0v) is 92.4. The third-order valence-electron chi connectivity index (χ3n) is 20.6. The number of benzene rings is 3. The smallest absolute Gasteiger partial charge is 0.148 e. The summed E-state index contributed by atoms with van der Waals surface area (Å²) in [6.07, 6.45) is 13.3. The average molecular weight is 2000 g/mol. The molecule has 0 unspecified atom stereocenters. The SMILES string of the molecule is C.C.C.C.C.C.CC(C)(C)CNc1ccc(C(C)(C)C)nn1.CC(C)(C)N1CCNCC1.CC(C)(C)c1ccc(CCCO)nc1.CC(C)(C)c1ccccc1.CC(C)(C)c1cccnc1.CCCCC(C)(C)C.CCNc1ccc(C(C)(C)C)nn1.COCCNc1ccc(C(C)(C)C)nn1.Cc1cc(C(C)(C)C)ccc1I.Cc1ccc(C(C)(C)C)cc1.Cc1ccc(C(C)(C)C)cn1. The Labute approximate surface area is 854 Å². The summed E-state index contributed by atoms with van der Waals surface area (Å²) in [4.78, 5) is 15.2. The van der Waals surface area contributed by atoms with E-state index in [9.17, 15) is 0 Å². The molecule has 0 bridgehead atoms. The van der Waals surface area contributed by atoms with Crippen molar-refractivity contribution in [1.82, 2.24) is 55.8 Å². The van der Waals surface area contributed by atoms with Gasteiger partial charge < -0.3 is 31.1 Å². The molecule has 1 saturated heterocycles. The summed E-state index contributed by atoms with van der Waals surface area (Å²) in [5.41, 5.74) is 18.8. The number of halogens is 1. The highest BCUT2D eigenvalue weighted by molar-refractivity contribution is 14.1. The second kappa shape index (κ2) is 66.9. The summed E-state index contributed by atoms with van der Waals surface area (Å²) >= 11 is 2.37. The number of hydrogen-bond donors (Lipinski definition) is 5. The number of nitrogens with one attached hydrogen (secondary N) is 4. The van der Waals surface area contributed by atoms with Crippen LogP contribution in [0.3, 0.4) is 0 Å². The molecule has 9 aromatic rings. The summed E-state index contributed by atoms with van der Waals surface area (Å²) in [5, 5.41) is 46.5. The molecule has 0 saturated carbocycles. The van der Waals surface area contributed by atoms with Gasteiger partial charge in [0.1, 0.15) is 17.5 Å². The molecular weight excluding hydrogens is 1780 g/mol. The predicted octanol–water partition coefficient (Wildman–Crippen LogP) is 32.5. The molecule has 1 aliphatic rings. The van der Waals surface area contributed by atoms with Crippen LogP contribution in [0.4, 0.5) is 17.5 Å². The molecule has 0 spiro atoms. The van der Waals surface area contributed by atoms with Crippen LogP contribution in [0.2, 0.25) is 0 Å². The van der Waals surface area contributed by atoms with Crippen LogP contribution in [0.1, 0.15) is 406 Å². The molecule has 10 rings (SSSR count). The van der Waals surface area contributed by atoms with E-state index >= 15 is 0 Å². The Bertz CT molecular complexity index is 4270. The molecule has 16 nitrogen and oxygen atoms in total. The minimum atomic E-state index is 0. The molecule has 0 amide bonds. The lowest BCUT2D eigenvalue weighted by Crippen LogP contribution is -2.51. The highest BCUT2D eigenvalue weighted by Gasteiger charge is 2.24. The van der Waals surface area contributed by atoms with Crippen molar-refractivity contribution in [2.24, 2.45) is 10.8 Å². The van der Waals surface area contributed by atoms with Gasteiger partial charge in [-0.15, -0.1) is 15.3 Å². The first-order chi connectivity index (χ1) is 59.6. The molecule has 3 aromatic carbocycles. The summed E-state index contributed by atoms with van der Waals surface area (Å²) < 4.78 is 6.28. The number of methoxy groups -OCH3 is 1. The number of anilines is 3. The van der Waals surface area contributed by atoms with E-state index in [4.69, 9.17) is 9.84 Å². The number of aryl methyl sites for hydroxylation is 4. The Hall–Kier alpha value is -7.68. The first kappa shape index (κ1) is 141. The molecule has 6 aromatic heterocycles. The lowest BCUT2D eigenvalue weighted by Gasteiger charge is -2.38. The Kier molecular flexibility index (Phi) is 69.5. The van der Waals surface area contributed by atoms with E-state index < -0.39 is 0 Å². The van der Waals surface area contributed by atoms with Crippen LogP contribution in [-0.2, 0) is 59.9 Å². The molecule has 0 atom stereocenters. The second-order valence-corrected chi connectivity index (χ2v) is 47.8. The number of aliphatic hydroxyl groups is 1. The molecule has 136 heavy (non-hydrogen) atoms. The molecule has 1 fully saturated rings. The summed E-state index contributed by atoms with van der Waals surface area (Å²) in [6, 6.07) is 50.4. The standard InChI is InChI=1S/C13H23N3.C12H19NO.C11H15I.C11H19N3O.C11H16.C10H17N3.C10H15N.C10H14.C9H13N.C8H18N2.C8H18.6CH4/c1-12(2,3)9-14-11-8-7-10(15-16-11)13(4,5)6;1-12(2,3)10-6-7-11(13-9-10)5-4-8-14;1-8-7-9(11(2,3)4)5-6-10(8)12;1-11(2,3)9-5-6-10(14-13-9)12-7-8-15-4;1-9-5-7-10(8-6-9)11(2,3)4;1-5-11-9-7-6-8(12-13-9)10(2,3)4;1-8-5-6-9(7-11-8)10(2,3)4;1-10(2,3)9-7-5-4-6-8-9;1-9(2,3)8-5-4-6-10-7-8;1-8(2,3)10-6-4-9-5-7-10;1-5-6-7-8(2,3)4;;;;;;/h7-8H,9H2,1-6H3,(H,14,16);6-7,9,14H,4-5,8H2,1-3H3;5-7H,1-4H3;5-6H,7-8H2,1-4H3,(H,12,14);5-8H,1-4H3;6-7H,5H2,1-4H3,(H,11,13);5-7H,1-4H3;4-8H,1-3H3;4-7H,1-3H3;9H,4-7H2,1-3H3;5-7H2,1-4H3;6*1H4. The number of hydrogen-bond acceptors (Lipinski definition) is 16. The molecule has 5 N–H and O–H groups in total. The molecular formula is C119H211IN14O2. The minimum absolute atomic E-state index is 0. The highest BCUT2D eigenvalue weighted by atomic mass is 127. The van der Waals surface area contributed by atoms with E-state index in [1.807, 2.05) is 74.9 Å². The van der Waals surface area contributed by atoms with E-state index in [1.54, 1.807) is 13.3 Å². The average Bonchev–Trinajstić information content (AvgIpc) is 0.839. The van der Waals surface area contributed by atoms with Crippen molar-refractivity contribution >= 4 is 40.0 Å². The fourth-order valence-electron chi connectivity index (χ4n) is 11.4. The zero-order chi connectivity index (χ0) is 100.0. The van der Waals surface area contributed by atoms with Crippen LogP contribution in [0.5, 0.6) is 0 Å². The summed E-state index contributed by atoms with van der Waals surface area (Å²) in [5.74, 6) is 2.48. The van der Waals surface area contributed by atoms with Gasteiger partial charge in [-0.3, -0.25) is 19.9 Å². The number of ether oxygens (including phenoxy) is 1. The third-order valence-corrected chi connectivity index (χ3v) is 21.8. The maximum atomic E-state index is 8.68. The second-order valence-electron chi connectivity index (χ2n) is 46.6. The molecule has 7 heterocycles. The minimum Gasteiger partial charge on any atom is -0.396 e. The number of unbranched alkanes of at least 4 members (excludes halogenated alkanes) is 1. The first-order valence-corrected chi connectivity index (χ1v) is 48.6. The van der Waals surface area contributed by atoms with Gasteiger partial charge in [0.05, 0.1) is 23.7 Å². The number of aliphatic hydroxyl groups excluding tert-OH is 1. The largest absolute Gasteiger partial charge is 0.396 e. The fraction of sp³-hybridized carbons (Fsp3) is 0.622. The topological polar surface area (TPSA) is 197 Å². The molecule has 0 radical (unpaired) electrons. The van der Waals surface area contributed by atoms with Crippen molar-refractivity contribution in [3.63, 3.8) is 0 Å². The number of rotatable bonds is 13. The first-order valence-electron chi connectivity index (χ1n) is 47.6. The van der Waals surface area contributed by atoms with Crippen molar-refractivity contribution in [3.05, 3.63) is 247 Å². The molecule has 1 aliphatic heterocycles. The number of aromatic nitrogens is 9. The van der Waals surface area contributed by atoms with Gasteiger partial charge in [0.25, 0.3) is 0 Å². The fourth-order valence-corrected chi connectivity index (χ4v) is 11.8. The highest BCUT2D eigenvalue weighted by Crippen LogP contribution is 2.30. The van der Waals surface area contributed by atoms with Crippen molar-refractivity contribution in [2.45, 2.75) is 415 Å². The monoisotopic (exact) mass is 2000 g/mol. The van der Waals surface area contributed by atoms with Crippen molar-refractivity contribution in [3.8, 4) is 0 Å². The van der Waals surface area contributed by atoms with Crippen LogP contribution in [0.25, 0.3) is 0 Å². The van der Waals surface area contributed by atoms with Crippen LogP contribution >= 0.6 is 22.6 Å². The summed E-state index contributed by atoms with van der Waals surface area (Å²) in [6.45, 7) is 97.9. The van der Waals surface area contributed by atoms with E-state index in [1.165, 1.54) is 80.4 Å². The van der Waals surface area contributed by atoms with Gasteiger partial charge in [0.2, 0.25) is 0 Å². The lowest BCUT2D eigenvalue weighted by atomic mass is 9.86. The maximum absolute atomic E-state index is 8.68. The van der Waals surface area contributed by atoms with Gasteiger partial charge in [-0.25, -0.2) is 0 Å². The van der Waals surface area contributed by atoms with E-state index in [2.05, 4.69) is 467 Å². The van der Waals surface area contributed by atoms with Crippen LogP contribution in [0.15, 0.2) is 170 Å². The van der Waals surface area contributed by atoms with E-state index in [0.29, 0.717) is 23.0 Å². The Morgan fingerprint density at radius 2 is 0.787 bits per heavy atom. The number of nitrogens with zero attached hydrogens (tertiary/aromatic N) is 10. The number of pyridine rings is 3. The Morgan fingerprint density at radius 3 is 1.08 bits per heavy atom. The lowest BCUT2D eigenvalue weighted by molar-refractivity contribution is 0.119. The van der Waals surface area contributed by atoms with Crippen molar-refractivity contribution < 1.29 is 9.84 Å². The van der Waals surface area contributed by atoms with Crippen LogP contribution in [-0.4, -0.2) is 127 Å². The van der Waals surface area contributed by atoms with E-state index in [-0.39, 0.29) is 99.9 Å². The number of piperazine rings is 1. The van der Waals surface area contributed by atoms with Crippen LogP contribution < -0.4 is 21.3 Å². The molecule has 0 aliphatic carbocycles. The van der Waals surface area contributed by atoms with Crippen molar-refractivity contribution in [2.75, 3.05) is 82.1 Å². The quantitative estimate of drug-likeness (QED) is 0.0539. The maximum Gasteiger partial charge on any atom is 0.148 e.